The second-order valence-electron chi connectivity index (χ2n) is 6.94. The number of benzene rings is 2. The van der Waals surface area contributed by atoms with Crippen molar-refractivity contribution < 1.29 is 31.1 Å². The lowest BCUT2D eigenvalue weighted by Gasteiger charge is -2.31. The molecule has 0 spiro atoms. The first-order valence-electron chi connectivity index (χ1n) is 9.52. The summed E-state index contributed by atoms with van der Waals surface area (Å²) in [6.45, 7) is 2.18. The molecule has 0 radical (unpaired) electrons. The van der Waals surface area contributed by atoms with Gasteiger partial charge >= 0.3 is 0 Å². The van der Waals surface area contributed by atoms with Crippen molar-refractivity contribution in [3.63, 3.8) is 0 Å². The van der Waals surface area contributed by atoms with Crippen molar-refractivity contribution in [3.8, 4) is 5.75 Å². The first kappa shape index (κ1) is 23.4. The molecule has 2 aromatic carbocycles. The summed E-state index contributed by atoms with van der Waals surface area (Å²) in [6.07, 6.45) is 0.746. The zero-order valence-electron chi connectivity index (χ0n) is 16.5. The van der Waals surface area contributed by atoms with Crippen LogP contribution in [0.5, 0.6) is 5.75 Å². The number of rotatable bonds is 6. The van der Waals surface area contributed by atoms with Crippen molar-refractivity contribution in [1.29, 1.82) is 0 Å². The van der Waals surface area contributed by atoms with Crippen LogP contribution >= 0.6 is 11.6 Å². The van der Waals surface area contributed by atoms with Gasteiger partial charge in [0.05, 0.1) is 28.1 Å². The van der Waals surface area contributed by atoms with Crippen LogP contribution in [0.15, 0.2) is 35.2 Å². The number of halogens is 4. The van der Waals surface area contributed by atoms with Crippen molar-refractivity contribution in [2.45, 2.75) is 24.7 Å². The maximum Gasteiger partial charge on any atom is 0.243 e. The summed E-state index contributed by atoms with van der Waals surface area (Å²) in [5, 5.41) is 2.35. The maximum atomic E-state index is 13.8. The largest absolute Gasteiger partial charge is 0.492 e. The van der Waals surface area contributed by atoms with E-state index in [0.717, 1.165) is 10.4 Å². The predicted molar refractivity (Wildman–Crippen MR) is 109 cm³/mol. The molecule has 1 atom stereocenters. The summed E-state index contributed by atoms with van der Waals surface area (Å²) in [6, 6.07) is 5.71. The molecule has 31 heavy (non-hydrogen) atoms. The van der Waals surface area contributed by atoms with Gasteiger partial charge in [-0.1, -0.05) is 11.6 Å². The highest BCUT2D eigenvalue weighted by atomic mass is 35.5. The van der Waals surface area contributed by atoms with Gasteiger partial charge in [-0.15, -0.1) is 0 Å². The summed E-state index contributed by atoms with van der Waals surface area (Å²) in [5.74, 6) is -5.72. The maximum absolute atomic E-state index is 13.8. The molecule has 1 heterocycles. The minimum Gasteiger partial charge on any atom is -0.492 e. The molecule has 1 unspecified atom stereocenters. The third-order valence-electron chi connectivity index (χ3n) is 4.89. The standard InChI is InChI=1S/C20H20ClF3N2O4S/c1-2-30-17-8-5-13(10-14(17)21)31(28,29)26-9-3-4-12(11-26)20(27)25-16-7-6-15(22)18(23)19(16)24/h5-8,10,12H,2-4,9,11H2,1H3,(H,25,27). The van der Waals surface area contributed by atoms with Crippen LogP contribution in [0, 0.1) is 23.4 Å². The van der Waals surface area contributed by atoms with E-state index in [1.54, 1.807) is 6.92 Å². The SMILES string of the molecule is CCOc1ccc(S(=O)(=O)N2CCCC(C(=O)Nc3ccc(F)c(F)c3F)C2)cc1Cl. The highest BCUT2D eigenvalue weighted by Crippen LogP contribution is 2.31. The van der Waals surface area contributed by atoms with Gasteiger partial charge < -0.3 is 10.1 Å². The Hall–Kier alpha value is -2.30. The minimum atomic E-state index is -3.95. The molecule has 1 fully saturated rings. The monoisotopic (exact) mass is 476 g/mol. The van der Waals surface area contributed by atoms with Gasteiger partial charge in [-0.2, -0.15) is 4.31 Å². The molecule has 2 aromatic rings. The summed E-state index contributed by atoms with van der Waals surface area (Å²) in [4.78, 5) is 12.5. The van der Waals surface area contributed by atoms with Crippen molar-refractivity contribution in [3.05, 3.63) is 52.8 Å². The summed E-state index contributed by atoms with van der Waals surface area (Å²) in [7, 11) is -3.95. The average Bonchev–Trinajstić information content (AvgIpc) is 2.75. The zero-order chi connectivity index (χ0) is 22.8. The summed E-state index contributed by atoms with van der Waals surface area (Å²) < 4.78 is 72.8. The normalized spacial score (nSPS) is 17.4. The predicted octanol–water partition coefficient (Wildman–Crippen LogP) is 4.20. The fraction of sp³-hybridized carbons (Fsp3) is 0.350. The molecule has 11 heteroatoms. The number of hydrogen-bond donors (Lipinski definition) is 1. The smallest absolute Gasteiger partial charge is 0.243 e. The number of carbonyl (C=O) groups excluding carboxylic acids is 1. The van der Waals surface area contributed by atoms with Gasteiger partial charge in [-0.25, -0.2) is 21.6 Å². The number of hydrogen-bond acceptors (Lipinski definition) is 4. The Labute approximate surface area is 183 Å². The molecular weight excluding hydrogens is 457 g/mol. The van der Waals surface area contributed by atoms with Gasteiger partial charge in [-0.05, 0) is 50.1 Å². The molecule has 0 aromatic heterocycles. The van der Waals surface area contributed by atoms with Crippen LogP contribution in [0.4, 0.5) is 18.9 Å². The molecule has 1 aliphatic heterocycles. The molecule has 1 saturated heterocycles. The number of piperidine rings is 1. The Kier molecular flexibility index (Phi) is 7.13. The number of carbonyl (C=O) groups is 1. The fourth-order valence-corrected chi connectivity index (χ4v) is 5.15. The Morgan fingerprint density at radius 2 is 1.97 bits per heavy atom. The van der Waals surface area contributed by atoms with E-state index < -0.39 is 45.0 Å². The summed E-state index contributed by atoms with van der Waals surface area (Å²) in [5.41, 5.74) is -0.512. The van der Waals surface area contributed by atoms with E-state index in [-0.39, 0.29) is 23.0 Å². The van der Waals surface area contributed by atoms with Crippen LogP contribution in [0.25, 0.3) is 0 Å². The molecule has 6 nitrogen and oxygen atoms in total. The molecule has 1 amide bonds. The Morgan fingerprint density at radius 3 is 2.65 bits per heavy atom. The van der Waals surface area contributed by atoms with Gasteiger partial charge in [0.15, 0.2) is 17.5 Å². The number of sulfonamides is 1. The van der Waals surface area contributed by atoms with Gasteiger partial charge in [0.2, 0.25) is 15.9 Å². The van der Waals surface area contributed by atoms with E-state index in [9.17, 15) is 26.4 Å². The van der Waals surface area contributed by atoms with Gasteiger partial charge in [0.1, 0.15) is 5.75 Å². The van der Waals surface area contributed by atoms with Crippen molar-refractivity contribution >= 4 is 33.2 Å². The number of anilines is 1. The number of amides is 1. The van der Waals surface area contributed by atoms with Crippen LogP contribution in [0.1, 0.15) is 19.8 Å². The zero-order valence-corrected chi connectivity index (χ0v) is 18.1. The highest BCUT2D eigenvalue weighted by Gasteiger charge is 2.34. The lowest BCUT2D eigenvalue weighted by Crippen LogP contribution is -2.43. The van der Waals surface area contributed by atoms with E-state index in [1.165, 1.54) is 18.2 Å². The van der Waals surface area contributed by atoms with Crippen molar-refractivity contribution in [2.24, 2.45) is 5.92 Å². The second-order valence-corrected chi connectivity index (χ2v) is 9.28. The van der Waals surface area contributed by atoms with E-state index in [0.29, 0.717) is 31.3 Å². The van der Waals surface area contributed by atoms with Gasteiger partial charge in [-0.3, -0.25) is 4.79 Å². The average molecular weight is 477 g/mol. The van der Waals surface area contributed by atoms with E-state index >= 15 is 0 Å². The third kappa shape index (κ3) is 4.97. The minimum absolute atomic E-state index is 0.0475. The van der Waals surface area contributed by atoms with Crippen LogP contribution in [-0.2, 0) is 14.8 Å². The van der Waals surface area contributed by atoms with E-state index in [2.05, 4.69) is 5.32 Å². The number of nitrogens with zero attached hydrogens (tertiary/aromatic N) is 1. The molecule has 1 aliphatic rings. The first-order valence-corrected chi connectivity index (χ1v) is 11.3. The highest BCUT2D eigenvalue weighted by molar-refractivity contribution is 7.89. The number of ether oxygens (including phenoxy) is 1. The van der Waals surface area contributed by atoms with Crippen LogP contribution < -0.4 is 10.1 Å². The van der Waals surface area contributed by atoms with E-state index in [4.69, 9.17) is 16.3 Å². The van der Waals surface area contributed by atoms with Crippen LogP contribution in [0.3, 0.4) is 0 Å². The second kappa shape index (κ2) is 9.46. The van der Waals surface area contributed by atoms with E-state index in [1.807, 2.05) is 0 Å². The quantitative estimate of drug-likeness (QED) is 0.634. The van der Waals surface area contributed by atoms with Crippen LogP contribution in [0.2, 0.25) is 5.02 Å². The van der Waals surface area contributed by atoms with Gasteiger partial charge in [0.25, 0.3) is 0 Å². The molecule has 168 valence electrons. The Balaban J connectivity index is 1.76. The van der Waals surface area contributed by atoms with Crippen molar-refractivity contribution in [2.75, 3.05) is 25.0 Å². The van der Waals surface area contributed by atoms with Crippen molar-refractivity contribution in [1.82, 2.24) is 4.31 Å². The lowest BCUT2D eigenvalue weighted by molar-refractivity contribution is -0.120. The first-order chi connectivity index (χ1) is 14.6. The lowest BCUT2D eigenvalue weighted by atomic mass is 9.98. The molecule has 3 rings (SSSR count). The topological polar surface area (TPSA) is 75.7 Å². The molecule has 0 saturated carbocycles. The number of nitrogens with one attached hydrogen (secondary N) is 1. The molecule has 1 N–H and O–H groups in total. The molecule has 0 bridgehead atoms. The summed E-state index contributed by atoms with van der Waals surface area (Å²) >= 11 is 6.10. The van der Waals surface area contributed by atoms with Gasteiger partial charge in [0, 0.05) is 13.1 Å². The Morgan fingerprint density at radius 1 is 1.23 bits per heavy atom. The van der Waals surface area contributed by atoms with Crippen LogP contribution in [-0.4, -0.2) is 38.3 Å². The molecular formula is C20H20ClF3N2O4S. The molecule has 0 aliphatic carbocycles. The Bertz CT molecular complexity index is 1100. The fourth-order valence-electron chi connectivity index (χ4n) is 3.30. The third-order valence-corrected chi connectivity index (χ3v) is 7.05.